The molecular weight excluding hydrogens is 285 g/mol. The summed E-state index contributed by atoms with van der Waals surface area (Å²) in [5, 5.41) is 3.17. The van der Waals surface area contributed by atoms with Gasteiger partial charge in [-0.3, -0.25) is 0 Å². The van der Waals surface area contributed by atoms with E-state index in [4.69, 9.17) is 4.74 Å². The fourth-order valence-corrected chi connectivity index (χ4v) is 2.62. The number of ether oxygens (including phenoxy) is 1. The fraction of sp³-hybridized carbons (Fsp3) is 0.294. The molecule has 112 valence electrons. The van der Waals surface area contributed by atoms with E-state index in [1.807, 2.05) is 31.2 Å². The first-order valence-corrected chi connectivity index (χ1v) is 8.08. The molecule has 0 aliphatic rings. The summed E-state index contributed by atoms with van der Waals surface area (Å²) >= 11 is 1.70. The number of benzene rings is 2. The maximum Gasteiger partial charge on any atom is 0.165 e. The molecule has 0 aromatic heterocycles. The van der Waals surface area contributed by atoms with Crippen molar-refractivity contribution in [3.8, 4) is 5.75 Å². The molecule has 2 aromatic rings. The second kappa shape index (κ2) is 8.70. The minimum Gasteiger partial charge on any atom is -0.490 e. The summed E-state index contributed by atoms with van der Waals surface area (Å²) in [6, 6.07) is 15.2. The van der Waals surface area contributed by atoms with Crippen molar-refractivity contribution in [2.75, 3.05) is 18.9 Å². The number of rotatable bonds is 8. The SMILES string of the molecule is CCNCc1ccc(OCCSc2ccccc2)c(F)c1. The molecule has 0 heterocycles. The predicted octanol–water partition coefficient (Wildman–Crippen LogP) is 4.11. The summed E-state index contributed by atoms with van der Waals surface area (Å²) < 4.78 is 19.4. The lowest BCUT2D eigenvalue weighted by Crippen LogP contribution is -2.12. The largest absolute Gasteiger partial charge is 0.490 e. The summed E-state index contributed by atoms with van der Waals surface area (Å²) in [6.07, 6.45) is 0. The second-order valence-corrected chi connectivity index (χ2v) is 5.72. The van der Waals surface area contributed by atoms with Gasteiger partial charge in [-0.05, 0) is 36.4 Å². The van der Waals surface area contributed by atoms with E-state index in [9.17, 15) is 4.39 Å². The van der Waals surface area contributed by atoms with Crippen molar-refractivity contribution in [1.82, 2.24) is 5.32 Å². The normalized spacial score (nSPS) is 10.6. The first-order valence-electron chi connectivity index (χ1n) is 7.09. The summed E-state index contributed by atoms with van der Waals surface area (Å²) in [5.74, 6) is 0.821. The highest BCUT2D eigenvalue weighted by Gasteiger charge is 2.04. The Hall–Kier alpha value is -1.52. The van der Waals surface area contributed by atoms with Gasteiger partial charge in [-0.2, -0.15) is 0 Å². The van der Waals surface area contributed by atoms with Crippen LogP contribution in [0.5, 0.6) is 5.75 Å². The fourth-order valence-electron chi connectivity index (χ4n) is 1.87. The van der Waals surface area contributed by atoms with Gasteiger partial charge in [-0.1, -0.05) is 31.2 Å². The maximum atomic E-state index is 13.9. The van der Waals surface area contributed by atoms with Gasteiger partial charge in [-0.15, -0.1) is 11.8 Å². The minimum atomic E-state index is -0.296. The second-order valence-electron chi connectivity index (χ2n) is 4.56. The van der Waals surface area contributed by atoms with Gasteiger partial charge >= 0.3 is 0 Å². The van der Waals surface area contributed by atoms with Crippen molar-refractivity contribution in [3.63, 3.8) is 0 Å². The average Bonchev–Trinajstić information content (AvgIpc) is 2.52. The molecule has 0 radical (unpaired) electrons. The Morgan fingerprint density at radius 1 is 1.14 bits per heavy atom. The van der Waals surface area contributed by atoms with Crippen LogP contribution in [0.3, 0.4) is 0 Å². The number of thioether (sulfide) groups is 1. The summed E-state index contributed by atoms with van der Waals surface area (Å²) in [7, 11) is 0. The Kier molecular flexibility index (Phi) is 6.57. The van der Waals surface area contributed by atoms with Gasteiger partial charge < -0.3 is 10.1 Å². The van der Waals surface area contributed by atoms with Crippen LogP contribution in [0.2, 0.25) is 0 Å². The van der Waals surface area contributed by atoms with Crippen LogP contribution in [0.15, 0.2) is 53.4 Å². The van der Waals surface area contributed by atoms with Crippen LogP contribution in [0, 0.1) is 5.82 Å². The predicted molar refractivity (Wildman–Crippen MR) is 86.4 cm³/mol. The molecule has 0 atom stereocenters. The van der Waals surface area contributed by atoms with Crippen LogP contribution in [0.1, 0.15) is 12.5 Å². The van der Waals surface area contributed by atoms with E-state index in [-0.39, 0.29) is 5.82 Å². The molecular formula is C17H20FNOS. The van der Waals surface area contributed by atoms with E-state index in [1.54, 1.807) is 17.8 Å². The monoisotopic (exact) mass is 305 g/mol. The highest BCUT2D eigenvalue weighted by atomic mass is 32.2. The molecule has 21 heavy (non-hydrogen) atoms. The van der Waals surface area contributed by atoms with Crippen molar-refractivity contribution in [2.45, 2.75) is 18.4 Å². The van der Waals surface area contributed by atoms with Crippen molar-refractivity contribution >= 4 is 11.8 Å². The molecule has 0 aliphatic heterocycles. The van der Waals surface area contributed by atoms with Crippen molar-refractivity contribution < 1.29 is 9.13 Å². The van der Waals surface area contributed by atoms with E-state index in [0.717, 1.165) is 17.9 Å². The number of nitrogens with one attached hydrogen (secondary N) is 1. The Labute approximate surface area is 129 Å². The van der Waals surface area contributed by atoms with Crippen molar-refractivity contribution in [3.05, 3.63) is 59.9 Å². The summed E-state index contributed by atoms with van der Waals surface area (Å²) in [6.45, 7) is 4.06. The Balaban J connectivity index is 1.78. The van der Waals surface area contributed by atoms with Crippen LogP contribution in [-0.4, -0.2) is 18.9 Å². The average molecular weight is 305 g/mol. The van der Waals surface area contributed by atoms with Gasteiger partial charge in [0.05, 0.1) is 6.61 Å². The van der Waals surface area contributed by atoms with Crippen LogP contribution >= 0.6 is 11.8 Å². The first kappa shape index (κ1) is 15.9. The lowest BCUT2D eigenvalue weighted by molar-refractivity contribution is 0.324. The molecule has 1 N–H and O–H groups in total. The number of halogens is 1. The van der Waals surface area contributed by atoms with Crippen LogP contribution in [0.25, 0.3) is 0 Å². The van der Waals surface area contributed by atoms with Gasteiger partial charge in [0.15, 0.2) is 11.6 Å². The van der Waals surface area contributed by atoms with E-state index < -0.39 is 0 Å². The van der Waals surface area contributed by atoms with Gasteiger partial charge in [-0.25, -0.2) is 4.39 Å². The summed E-state index contributed by atoms with van der Waals surface area (Å²) in [4.78, 5) is 1.20. The highest BCUT2D eigenvalue weighted by Crippen LogP contribution is 2.20. The Morgan fingerprint density at radius 3 is 2.67 bits per heavy atom. The molecule has 0 fully saturated rings. The molecule has 0 saturated heterocycles. The van der Waals surface area contributed by atoms with E-state index in [1.165, 1.54) is 11.0 Å². The van der Waals surface area contributed by atoms with Gasteiger partial charge in [0.2, 0.25) is 0 Å². The molecule has 0 unspecified atom stereocenters. The van der Waals surface area contributed by atoms with E-state index in [0.29, 0.717) is 18.9 Å². The van der Waals surface area contributed by atoms with Gasteiger partial charge in [0.1, 0.15) is 0 Å². The molecule has 0 bridgehead atoms. The van der Waals surface area contributed by atoms with Crippen LogP contribution in [-0.2, 0) is 6.54 Å². The zero-order valence-electron chi connectivity index (χ0n) is 12.1. The topological polar surface area (TPSA) is 21.3 Å². The summed E-state index contributed by atoms with van der Waals surface area (Å²) in [5.41, 5.74) is 0.931. The smallest absolute Gasteiger partial charge is 0.165 e. The highest BCUT2D eigenvalue weighted by molar-refractivity contribution is 7.99. The van der Waals surface area contributed by atoms with Crippen molar-refractivity contribution in [2.24, 2.45) is 0 Å². The molecule has 2 nitrogen and oxygen atoms in total. The third-order valence-electron chi connectivity index (χ3n) is 2.93. The Morgan fingerprint density at radius 2 is 1.95 bits per heavy atom. The van der Waals surface area contributed by atoms with Gasteiger partial charge in [0, 0.05) is 17.2 Å². The third-order valence-corrected chi connectivity index (χ3v) is 3.90. The molecule has 0 saturated carbocycles. The lowest BCUT2D eigenvalue weighted by Gasteiger charge is -2.09. The van der Waals surface area contributed by atoms with E-state index in [2.05, 4.69) is 17.4 Å². The molecule has 0 amide bonds. The lowest BCUT2D eigenvalue weighted by atomic mass is 10.2. The zero-order chi connectivity index (χ0) is 14.9. The van der Waals surface area contributed by atoms with Gasteiger partial charge in [0.25, 0.3) is 0 Å². The van der Waals surface area contributed by atoms with E-state index >= 15 is 0 Å². The number of hydrogen-bond acceptors (Lipinski definition) is 3. The molecule has 0 spiro atoms. The molecule has 2 aromatic carbocycles. The van der Waals surface area contributed by atoms with Crippen molar-refractivity contribution in [1.29, 1.82) is 0 Å². The Bertz CT molecular complexity index is 548. The van der Waals surface area contributed by atoms with Crippen LogP contribution in [0.4, 0.5) is 4.39 Å². The quantitative estimate of drug-likeness (QED) is 0.586. The maximum absolute atomic E-state index is 13.9. The molecule has 2 rings (SSSR count). The number of hydrogen-bond donors (Lipinski definition) is 1. The standard InChI is InChI=1S/C17H20FNOS/c1-2-19-13-14-8-9-17(16(18)12-14)20-10-11-21-15-6-4-3-5-7-15/h3-9,12,19H,2,10-11,13H2,1H3. The van der Waals surface area contributed by atoms with Crippen LogP contribution < -0.4 is 10.1 Å². The third kappa shape index (κ3) is 5.40. The zero-order valence-corrected chi connectivity index (χ0v) is 13.0. The first-order chi connectivity index (χ1) is 10.3. The minimum absolute atomic E-state index is 0.296. The molecule has 4 heteroatoms. The molecule has 0 aliphatic carbocycles.